The molecule has 1 N–H and O–H groups in total. The molecule has 0 aliphatic carbocycles. The Kier molecular flexibility index (Phi) is 4.65. The molecule has 6 nitrogen and oxygen atoms in total. The van der Waals surface area contributed by atoms with Crippen molar-refractivity contribution in [3.63, 3.8) is 0 Å². The van der Waals surface area contributed by atoms with E-state index in [1.165, 1.54) is 38.9 Å². The minimum atomic E-state index is -0.727. The van der Waals surface area contributed by atoms with Crippen LogP contribution in [0.5, 0.6) is 5.75 Å². The summed E-state index contributed by atoms with van der Waals surface area (Å²) in [6.07, 6.45) is 0. The SMILES string of the molecule is COc1ccc2nc(N3C(=O)C(O)=C(C(=O)c4cccs4)C3c3cccs3)sc2c1. The summed E-state index contributed by atoms with van der Waals surface area (Å²) in [5, 5.41) is 14.8. The van der Waals surface area contributed by atoms with E-state index in [1.807, 2.05) is 29.6 Å². The first kappa shape index (κ1) is 19.0. The molecule has 0 bridgehead atoms. The van der Waals surface area contributed by atoms with E-state index < -0.39 is 17.7 Å². The summed E-state index contributed by atoms with van der Waals surface area (Å²) in [5.74, 6) is -0.808. The summed E-state index contributed by atoms with van der Waals surface area (Å²) in [4.78, 5) is 33.6. The van der Waals surface area contributed by atoms with Crippen LogP contribution in [0.15, 0.2) is 64.6 Å². The molecule has 4 aromatic rings. The van der Waals surface area contributed by atoms with Crippen molar-refractivity contribution in [1.82, 2.24) is 4.98 Å². The van der Waals surface area contributed by atoms with Crippen LogP contribution in [-0.2, 0) is 4.79 Å². The fourth-order valence-corrected chi connectivity index (χ4v) is 5.94. The van der Waals surface area contributed by atoms with Crippen molar-refractivity contribution in [3.05, 3.63) is 74.3 Å². The molecule has 1 amide bonds. The molecule has 9 heteroatoms. The fourth-order valence-electron chi connectivity index (χ4n) is 3.41. The molecule has 4 heterocycles. The van der Waals surface area contributed by atoms with Gasteiger partial charge in [-0.1, -0.05) is 23.5 Å². The van der Waals surface area contributed by atoms with Gasteiger partial charge < -0.3 is 9.84 Å². The van der Waals surface area contributed by atoms with E-state index in [-0.39, 0.29) is 11.4 Å². The van der Waals surface area contributed by atoms with Gasteiger partial charge in [0.15, 0.2) is 10.9 Å². The molecule has 1 atom stereocenters. The van der Waals surface area contributed by atoms with E-state index in [0.717, 1.165) is 9.58 Å². The largest absolute Gasteiger partial charge is 0.503 e. The summed E-state index contributed by atoms with van der Waals surface area (Å²) in [6.45, 7) is 0. The normalized spacial score (nSPS) is 16.6. The van der Waals surface area contributed by atoms with Crippen molar-refractivity contribution < 1.29 is 19.4 Å². The average molecular weight is 455 g/mol. The predicted octanol–water partition coefficient (Wildman–Crippen LogP) is 5.21. The van der Waals surface area contributed by atoms with E-state index in [0.29, 0.717) is 21.3 Å². The summed E-state index contributed by atoms with van der Waals surface area (Å²) >= 11 is 4.01. The van der Waals surface area contributed by atoms with Gasteiger partial charge in [0.25, 0.3) is 5.91 Å². The van der Waals surface area contributed by atoms with Gasteiger partial charge in [-0.25, -0.2) is 4.98 Å². The van der Waals surface area contributed by atoms with Crippen molar-refractivity contribution in [2.45, 2.75) is 6.04 Å². The zero-order valence-corrected chi connectivity index (χ0v) is 18.0. The Morgan fingerprint density at radius 1 is 1.17 bits per heavy atom. The third kappa shape index (κ3) is 2.94. The summed E-state index contributed by atoms with van der Waals surface area (Å²) < 4.78 is 6.12. The number of benzene rings is 1. The molecule has 0 saturated carbocycles. The number of methoxy groups -OCH3 is 1. The summed E-state index contributed by atoms with van der Waals surface area (Å²) in [6, 6.07) is 11.9. The number of carbonyl (C=O) groups is 2. The Morgan fingerprint density at radius 3 is 2.67 bits per heavy atom. The number of anilines is 1. The lowest BCUT2D eigenvalue weighted by Gasteiger charge is -2.22. The van der Waals surface area contributed by atoms with Crippen LogP contribution in [0.1, 0.15) is 20.6 Å². The number of ether oxygens (including phenoxy) is 1. The highest BCUT2D eigenvalue weighted by Crippen LogP contribution is 2.45. The zero-order valence-electron chi connectivity index (χ0n) is 15.6. The Hall–Kier alpha value is -3.01. The highest BCUT2D eigenvalue weighted by molar-refractivity contribution is 7.22. The fraction of sp³-hybridized carbons (Fsp3) is 0.0952. The van der Waals surface area contributed by atoms with Gasteiger partial charge in [-0.05, 0) is 41.1 Å². The first-order chi connectivity index (χ1) is 14.6. The van der Waals surface area contributed by atoms with Crippen molar-refractivity contribution in [1.29, 1.82) is 0 Å². The van der Waals surface area contributed by atoms with Gasteiger partial charge in [0.05, 0.1) is 27.8 Å². The van der Waals surface area contributed by atoms with Crippen LogP contribution in [0.25, 0.3) is 10.2 Å². The second kappa shape index (κ2) is 7.35. The number of nitrogens with zero attached hydrogens (tertiary/aromatic N) is 2. The number of aromatic nitrogens is 1. The maximum atomic E-state index is 13.2. The van der Waals surface area contributed by atoms with Crippen molar-refractivity contribution in [2.24, 2.45) is 0 Å². The lowest BCUT2D eigenvalue weighted by Crippen LogP contribution is -2.30. The molecule has 0 fully saturated rings. The van der Waals surface area contributed by atoms with Crippen LogP contribution < -0.4 is 9.64 Å². The van der Waals surface area contributed by atoms with Gasteiger partial charge >= 0.3 is 0 Å². The molecule has 0 spiro atoms. The highest BCUT2D eigenvalue weighted by atomic mass is 32.1. The molecule has 1 unspecified atom stereocenters. The molecule has 1 aromatic carbocycles. The molecular weight excluding hydrogens is 440 g/mol. The van der Waals surface area contributed by atoms with E-state index in [4.69, 9.17) is 4.74 Å². The number of thiazole rings is 1. The standard InChI is InChI=1S/C21H14N2O4S3/c1-27-11-6-7-12-15(10-11)30-21(22-12)23-17(13-4-2-8-28-13)16(19(25)20(23)26)18(24)14-5-3-9-29-14/h2-10,17,25H,1H3. The van der Waals surface area contributed by atoms with Crippen molar-refractivity contribution in [3.8, 4) is 5.75 Å². The number of hydrogen-bond acceptors (Lipinski definition) is 8. The van der Waals surface area contributed by atoms with Crippen LogP contribution >= 0.6 is 34.0 Å². The number of fused-ring (bicyclic) bond motifs is 1. The first-order valence-electron chi connectivity index (χ1n) is 8.91. The second-order valence-corrected chi connectivity index (χ2v) is 9.43. The number of rotatable bonds is 5. The van der Waals surface area contributed by atoms with Crippen LogP contribution in [-0.4, -0.2) is 28.9 Å². The quantitative estimate of drug-likeness (QED) is 0.419. The predicted molar refractivity (Wildman–Crippen MR) is 119 cm³/mol. The number of thiophene rings is 2. The molecule has 1 aliphatic rings. The third-order valence-corrected chi connectivity index (χ3v) is 7.61. The minimum Gasteiger partial charge on any atom is -0.503 e. The lowest BCUT2D eigenvalue weighted by molar-refractivity contribution is -0.117. The average Bonchev–Trinajstić information content (AvgIpc) is 3.54. The van der Waals surface area contributed by atoms with Gasteiger partial charge in [0.1, 0.15) is 11.8 Å². The number of hydrogen-bond donors (Lipinski definition) is 1. The van der Waals surface area contributed by atoms with Gasteiger partial charge in [-0.15, -0.1) is 22.7 Å². The van der Waals surface area contributed by atoms with Gasteiger partial charge in [-0.3, -0.25) is 14.5 Å². The van der Waals surface area contributed by atoms with E-state index in [9.17, 15) is 14.7 Å². The van der Waals surface area contributed by atoms with Crippen LogP contribution in [0, 0.1) is 0 Å². The number of Topliss-reactive ketones (excluding diaryl/α,β-unsaturated/α-hetero) is 1. The van der Waals surface area contributed by atoms with E-state index in [2.05, 4.69) is 4.98 Å². The number of aliphatic hydroxyl groups excluding tert-OH is 1. The monoisotopic (exact) mass is 454 g/mol. The molecule has 5 rings (SSSR count). The van der Waals surface area contributed by atoms with Crippen molar-refractivity contribution in [2.75, 3.05) is 12.0 Å². The number of ketones is 1. The molecule has 30 heavy (non-hydrogen) atoms. The summed E-state index contributed by atoms with van der Waals surface area (Å²) in [5.41, 5.74) is 0.799. The number of carbonyl (C=O) groups excluding carboxylic acids is 2. The topological polar surface area (TPSA) is 79.7 Å². The maximum Gasteiger partial charge on any atom is 0.296 e. The van der Waals surface area contributed by atoms with Crippen molar-refractivity contribution >= 4 is 61.0 Å². The van der Waals surface area contributed by atoms with Gasteiger partial charge in [0, 0.05) is 4.88 Å². The molecule has 3 aromatic heterocycles. The van der Waals surface area contributed by atoms with E-state index in [1.54, 1.807) is 30.7 Å². The van der Waals surface area contributed by atoms with Gasteiger partial charge in [-0.2, -0.15) is 0 Å². The van der Waals surface area contributed by atoms with Crippen LogP contribution in [0.4, 0.5) is 5.13 Å². The third-order valence-electron chi connectivity index (χ3n) is 4.80. The molecular formula is C21H14N2O4S3. The Balaban J connectivity index is 1.65. The van der Waals surface area contributed by atoms with Crippen LogP contribution in [0.2, 0.25) is 0 Å². The highest BCUT2D eigenvalue weighted by Gasteiger charge is 2.46. The van der Waals surface area contributed by atoms with E-state index >= 15 is 0 Å². The Morgan fingerprint density at radius 2 is 1.97 bits per heavy atom. The smallest absolute Gasteiger partial charge is 0.296 e. The van der Waals surface area contributed by atoms with Gasteiger partial charge in [0.2, 0.25) is 5.78 Å². The molecule has 150 valence electrons. The second-order valence-electron chi connectivity index (χ2n) is 6.49. The molecule has 0 radical (unpaired) electrons. The zero-order chi connectivity index (χ0) is 20.8. The first-order valence-corrected chi connectivity index (χ1v) is 11.5. The molecule has 1 aliphatic heterocycles. The molecule has 0 saturated heterocycles. The lowest BCUT2D eigenvalue weighted by atomic mass is 10.0. The maximum absolute atomic E-state index is 13.2. The Labute approximate surface area is 183 Å². The Bertz CT molecular complexity index is 1290. The number of amides is 1. The summed E-state index contributed by atoms with van der Waals surface area (Å²) in [7, 11) is 1.59. The van der Waals surface area contributed by atoms with Crippen LogP contribution in [0.3, 0.4) is 0 Å². The minimum absolute atomic E-state index is 0.0849. The number of aliphatic hydroxyl groups is 1.